The molecule has 5 heteroatoms. The molecule has 1 aliphatic rings. The average molecular weight is 256 g/mol. The van der Waals surface area contributed by atoms with Crippen molar-refractivity contribution in [3.8, 4) is 0 Å². The van der Waals surface area contributed by atoms with Gasteiger partial charge in [-0.05, 0) is 24.7 Å². The molecular formula is C13H24N2O3. The molecule has 104 valence electrons. The van der Waals surface area contributed by atoms with Gasteiger partial charge in [-0.15, -0.1) is 0 Å². The first-order chi connectivity index (χ1) is 8.40. The van der Waals surface area contributed by atoms with Crippen molar-refractivity contribution in [1.82, 2.24) is 4.90 Å². The molecule has 3 N–H and O–H groups in total. The van der Waals surface area contributed by atoms with Gasteiger partial charge in [0.15, 0.2) is 0 Å². The van der Waals surface area contributed by atoms with Crippen LogP contribution >= 0.6 is 0 Å². The molecule has 1 rings (SSSR count). The molecule has 0 saturated carbocycles. The number of nitrogens with two attached hydrogens (primary N) is 1. The maximum atomic E-state index is 12.0. The van der Waals surface area contributed by atoms with Crippen molar-refractivity contribution >= 4 is 11.9 Å². The number of hydrogen-bond donors (Lipinski definition) is 2. The van der Waals surface area contributed by atoms with Crippen LogP contribution in [0.3, 0.4) is 0 Å². The summed E-state index contributed by atoms with van der Waals surface area (Å²) in [6, 6.07) is -0.114. The van der Waals surface area contributed by atoms with Crippen LogP contribution in [-0.4, -0.2) is 41.0 Å². The number of carboxylic acids is 1. The van der Waals surface area contributed by atoms with Crippen molar-refractivity contribution in [2.75, 3.05) is 13.1 Å². The second-order valence-electron chi connectivity index (χ2n) is 5.56. The average Bonchev–Trinajstić information content (AvgIpc) is 2.28. The maximum Gasteiger partial charge on any atom is 0.303 e. The molecule has 1 saturated heterocycles. The predicted molar refractivity (Wildman–Crippen MR) is 69.0 cm³/mol. The van der Waals surface area contributed by atoms with E-state index in [1.165, 1.54) is 0 Å². The molecule has 0 aromatic carbocycles. The minimum absolute atomic E-state index is 0.0614. The highest BCUT2D eigenvalue weighted by Crippen LogP contribution is 2.20. The molecule has 0 spiro atoms. The molecule has 0 aromatic rings. The molecule has 0 aromatic heterocycles. The van der Waals surface area contributed by atoms with E-state index in [0.717, 1.165) is 19.4 Å². The minimum atomic E-state index is -0.784. The zero-order valence-corrected chi connectivity index (χ0v) is 11.3. The van der Waals surface area contributed by atoms with Gasteiger partial charge in [0.25, 0.3) is 0 Å². The summed E-state index contributed by atoms with van der Waals surface area (Å²) in [5.41, 5.74) is 5.90. The van der Waals surface area contributed by atoms with Gasteiger partial charge in [0.2, 0.25) is 5.91 Å². The van der Waals surface area contributed by atoms with Crippen LogP contribution in [0.2, 0.25) is 0 Å². The van der Waals surface area contributed by atoms with Gasteiger partial charge < -0.3 is 15.7 Å². The quantitative estimate of drug-likeness (QED) is 0.770. The van der Waals surface area contributed by atoms with Crippen LogP contribution in [0, 0.1) is 11.8 Å². The van der Waals surface area contributed by atoms with E-state index in [1.807, 2.05) is 13.8 Å². The maximum absolute atomic E-state index is 12.0. The Morgan fingerprint density at radius 2 is 2.11 bits per heavy atom. The van der Waals surface area contributed by atoms with Crippen molar-refractivity contribution in [2.45, 2.75) is 45.6 Å². The molecule has 2 unspecified atom stereocenters. The van der Waals surface area contributed by atoms with E-state index in [2.05, 4.69) is 0 Å². The van der Waals surface area contributed by atoms with Gasteiger partial charge in [-0.1, -0.05) is 13.8 Å². The topological polar surface area (TPSA) is 83.6 Å². The van der Waals surface area contributed by atoms with Gasteiger partial charge in [-0.25, -0.2) is 0 Å². The zero-order chi connectivity index (χ0) is 13.7. The van der Waals surface area contributed by atoms with Crippen LogP contribution in [0.4, 0.5) is 0 Å². The molecule has 1 aliphatic heterocycles. The van der Waals surface area contributed by atoms with Crippen LogP contribution in [0.1, 0.15) is 39.5 Å². The Labute approximate surface area is 108 Å². The highest BCUT2D eigenvalue weighted by atomic mass is 16.4. The van der Waals surface area contributed by atoms with Crippen molar-refractivity contribution < 1.29 is 14.7 Å². The third kappa shape index (κ3) is 4.64. The Hall–Kier alpha value is -1.10. The number of rotatable bonds is 5. The molecule has 1 amide bonds. The fourth-order valence-electron chi connectivity index (χ4n) is 2.27. The van der Waals surface area contributed by atoms with E-state index < -0.39 is 5.97 Å². The van der Waals surface area contributed by atoms with Crippen LogP contribution in [-0.2, 0) is 9.59 Å². The number of likely N-dealkylation sites (tertiary alicyclic amines) is 1. The smallest absolute Gasteiger partial charge is 0.303 e. The molecule has 0 radical (unpaired) electrons. The summed E-state index contributed by atoms with van der Waals surface area (Å²) in [5, 5.41) is 8.79. The second kappa shape index (κ2) is 6.73. The molecule has 18 heavy (non-hydrogen) atoms. The standard InChI is InChI=1S/C13H24N2O3/c1-9(2)11(14)7-12(16)15-5-3-4-10(8-15)6-13(17)18/h9-11H,3-8,14H2,1-2H3,(H,17,18). The lowest BCUT2D eigenvalue weighted by molar-refractivity contribution is -0.140. The van der Waals surface area contributed by atoms with Gasteiger partial charge in [-0.3, -0.25) is 9.59 Å². The number of nitrogens with zero attached hydrogens (tertiary/aromatic N) is 1. The Morgan fingerprint density at radius 3 is 2.67 bits per heavy atom. The van der Waals surface area contributed by atoms with E-state index in [0.29, 0.717) is 13.0 Å². The molecule has 2 atom stereocenters. The van der Waals surface area contributed by atoms with E-state index in [9.17, 15) is 9.59 Å². The lowest BCUT2D eigenvalue weighted by atomic mass is 9.94. The monoisotopic (exact) mass is 256 g/mol. The highest BCUT2D eigenvalue weighted by Gasteiger charge is 2.26. The SMILES string of the molecule is CC(C)C(N)CC(=O)N1CCCC(CC(=O)O)C1. The van der Waals surface area contributed by atoms with E-state index >= 15 is 0 Å². The third-order valence-electron chi connectivity index (χ3n) is 3.60. The summed E-state index contributed by atoms with van der Waals surface area (Å²) in [4.78, 5) is 24.5. The summed E-state index contributed by atoms with van der Waals surface area (Å²) in [5.74, 6) is -0.344. The largest absolute Gasteiger partial charge is 0.481 e. The number of carbonyl (C=O) groups excluding carboxylic acids is 1. The predicted octanol–water partition coefficient (Wildman–Crippen LogP) is 1.07. The fourth-order valence-corrected chi connectivity index (χ4v) is 2.27. The van der Waals surface area contributed by atoms with E-state index in [-0.39, 0.29) is 30.2 Å². The van der Waals surface area contributed by atoms with Crippen LogP contribution in [0.25, 0.3) is 0 Å². The lowest BCUT2D eigenvalue weighted by Gasteiger charge is -2.33. The number of carbonyl (C=O) groups is 2. The number of carboxylic acid groups (broad SMARTS) is 1. The normalized spacial score (nSPS) is 22.0. The van der Waals surface area contributed by atoms with Gasteiger partial charge >= 0.3 is 5.97 Å². The number of piperidine rings is 1. The Kier molecular flexibility index (Phi) is 5.59. The van der Waals surface area contributed by atoms with Crippen LogP contribution in [0.15, 0.2) is 0 Å². The first-order valence-electron chi connectivity index (χ1n) is 6.65. The van der Waals surface area contributed by atoms with Gasteiger partial charge in [0.05, 0.1) is 0 Å². The summed E-state index contributed by atoms with van der Waals surface area (Å²) in [6.07, 6.45) is 2.30. The zero-order valence-electron chi connectivity index (χ0n) is 11.3. The van der Waals surface area contributed by atoms with Gasteiger partial charge in [0.1, 0.15) is 0 Å². The third-order valence-corrected chi connectivity index (χ3v) is 3.60. The molecule has 0 aliphatic carbocycles. The number of amides is 1. The Morgan fingerprint density at radius 1 is 1.44 bits per heavy atom. The lowest BCUT2D eigenvalue weighted by Crippen LogP contribution is -2.43. The molecule has 1 heterocycles. The summed E-state index contributed by atoms with van der Waals surface area (Å²) in [7, 11) is 0. The first kappa shape index (κ1) is 15.0. The van der Waals surface area contributed by atoms with Gasteiger partial charge in [0, 0.05) is 32.0 Å². The van der Waals surface area contributed by atoms with Crippen LogP contribution < -0.4 is 5.73 Å². The van der Waals surface area contributed by atoms with Crippen molar-refractivity contribution in [1.29, 1.82) is 0 Å². The summed E-state index contributed by atoms with van der Waals surface area (Å²) < 4.78 is 0. The highest BCUT2D eigenvalue weighted by molar-refractivity contribution is 5.77. The summed E-state index contributed by atoms with van der Waals surface area (Å²) >= 11 is 0. The molecule has 0 bridgehead atoms. The second-order valence-corrected chi connectivity index (χ2v) is 5.56. The number of hydrogen-bond acceptors (Lipinski definition) is 3. The van der Waals surface area contributed by atoms with Crippen molar-refractivity contribution in [3.63, 3.8) is 0 Å². The first-order valence-corrected chi connectivity index (χ1v) is 6.65. The Bertz CT molecular complexity index is 305. The molecular weight excluding hydrogens is 232 g/mol. The van der Waals surface area contributed by atoms with Crippen LogP contribution in [0.5, 0.6) is 0 Å². The Balaban J connectivity index is 2.45. The summed E-state index contributed by atoms with van der Waals surface area (Å²) in [6.45, 7) is 5.30. The minimum Gasteiger partial charge on any atom is -0.481 e. The van der Waals surface area contributed by atoms with Crippen molar-refractivity contribution in [3.05, 3.63) is 0 Å². The number of aliphatic carboxylic acids is 1. The van der Waals surface area contributed by atoms with E-state index in [4.69, 9.17) is 10.8 Å². The van der Waals surface area contributed by atoms with E-state index in [1.54, 1.807) is 4.90 Å². The fraction of sp³-hybridized carbons (Fsp3) is 0.846. The van der Waals surface area contributed by atoms with Gasteiger partial charge in [-0.2, -0.15) is 0 Å². The molecule has 5 nitrogen and oxygen atoms in total. The van der Waals surface area contributed by atoms with Crippen molar-refractivity contribution in [2.24, 2.45) is 17.6 Å². The molecule has 1 fully saturated rings.